The topological polar surface area (TPSA) is 88.5 Å². The third-order valence-electron chi connectivity index (χ3n) is 2.63. The van der Waals surface area contributed by atoms with Gasteiger partial charge in [-0.3, -0.25) is 19.2 Å². The normalized spacial score (nSPS) is 17.5. The fourth-order valence-corrected chi connectivity index (χ4v) is 1.82. The molecule has 0 amide bonds. The van der Waals surface area contributed by atoms with Crippen molar-refractivity contribution in [3.8, 4) is 0 Å². The van der Waals surface area contributed by atoms with Gasteiger partial charge in [0.05, 0.1) is 0 Å². The Morgan fingerprint density at radius 2 is 1.69 bits per heavy atom. The minimum atomic E-state index is -1.11. The summed E-state index contributed by atoms with van der Waals surface area (Å²) in [6, 6.07) is 0. The van der Waals surface area contributed by atoms with Crippen LogP contribution in [0.2, 0.25) is 0 Å². The average molecular weight is 226 g/mol. The molecule has 0 atom stereocenters. The molecule has 1 fully saturated rings. The van der Waals surface area contributed by atoms with Crippen LogP contribution in [0.15, 0.2) is 0 Å². The predicted octanol–water partition coefficient (Wildman–Crippen LogP) is 0.749. The first-order valence-corrected chi connectivity index (χ1v) is 5.32. The standard InChI is InChI=1S/C11H14O5/c12-7-3-1-4-8(13)11(7)9(14)5-2-6-10(15)16/h11H,1-6H2,(H,15,16). The van der Waals surface area contributed by atoms with Crippen LogP contribution in [0.25, 0.3) is 0 Å². The number of carbonyl (C=O) groups excluding carboxylic acids is 3. The van der Waals surface area contributed by atoms with Gasteiger partial charge >= 0.3 is 5.97 Å². The summed E-state index contributed by atoms with van der Waals surface area (Å²) in [4.78, 5) is 44.6. The number of rotatable bonds is 5. The molecular formula is C11H14O5. The molecule has 0 heterocycles. The number of carboxylic acids is 1. The van der Waals surface area contributed by atoms with Gasteiger partial charge in [0.25, 0.3) is 0 Å². The number of aliphatic carboxylic acids is 1. The van der Waals surface area contributed by atoms with Crippen molar-refractivity contribution < 1.29 is 24.3 Å². The lowest BCUT2D eigenvalue weighted by molar-refractivity contribution is -0.142. The summed E-state index contributed by atoms with van der Waals surface area (Å²) in [6.07, 6.45) is 1.15. The molecule has 0 aromatic heterocycles. The highest BCUT2D eigenvalue weighted by Crippen LogP contribution is 2.20. The second kappa shape index (κ2) is 5.53. The lowest BCUT2D eigenvalue weighted by atomic mass is 9.82. The molecule has 0 saturated heterocycles. The summed E-state index contributed by atoms with van der Waals surface area (Å²) in [5.41, 5.74) is 0. The number of carbonyl (C=O) groups is 4. The molecule has 0 aromatic carbocycles. The largest absolute Gasteiger partial charge is 0.481 e. The van der Waals surface area contributed by atoms with Gasteiger partial charge in [-0.15, -0.1) is 0 Å². The van der Waals surface area contributed by atoms with Gasteiger partial charge in [-0.25, -0.2) is 0 Å². The molecule has 0 bridgehead atoms. The molecule has 1 saturated carbocycles. The Morgan fingerprint density at radius 3 is 2.19 bits per heavy atom. The van der Waals surface area contributed by atoms with Gasteiger partial charge in [-0.1, -0.05) is 0 Å². The van der Waals surface area contributed by atoms with Crippen molar-refractivity contribution in [2.75, 3.05) is 0 Å². The molecule has 1 N–H and O–H groups in total. The molecule has 1 rings (SSSR count). The summed E-state index contributed by atoms with van der Waals surface area (Å²) in [6.45, 7) is 0. The molecule has 0 aliphatic heterocycles. The highest BCUT2D eigenvalue weighted by molar-refractivity contribution is 6.20. The molecule has 1 aliphatic rings. The van der Waals surface area contributed by atoms with Gasteiger partial charge in [-0.05, 0) is 12.8 Å². The van der Waals surface area contributed by atoms with Crippen molar-refractivity contribution in [3.05, 3.63) is 0 Å². The van der Waals surface area contributed by atoms with Crippen LogP contribution in [-0.4, -0.2) is 28.4 Å². The molecule has 0 spiro atoms. The van der Waals surface area contributed by atoms with E-state index in [1.54, 1.807) is 0 Å². The van der Waals surface area contributed by atoms with Crippen LogP contribution in [0.4, 0.5) is 0 Å². The molecule has 1 aliphatic carbocycles. The molecule has 16 heavy (non-hydrogen) atoms. The van der Waals surface area contributed by atoms with Crippen molar-refractivity contribution in [2.45, 2.75) is 38.5 Å². The quantitative estimate of drug-likeness (QED) is 0.699. The third kappa shape index (κ3) is 3.25. The van der Waals surface area contributed by atoms with Crippen molar-refractivity contribution in [2.24, 2.45) is 5.92 Å². The first kappa shape index (κ1) is 12.5. The van der Waals surface area contributed by atoms with Crippen LogP contribution in [0.5, 0.6) is 0 Å². The summed E-state index contributed by atoms with van der Waals surface area (Å²) < 4.78 is 0. The predicted molar refractivity (Wildman–Crippen MR) is 53.8 cm³/mol. The van der Waals surface area contributed by atoms with E-state index in [1.807, 2.05) is 0 Å². The summed E-state index contributed by atoms with van der Waals surface area (Å²) in [5, 5.41) is 8.40. The van der Waals surface area contributed by atoms with Crippen LogP contribution < -0.4 is 0 Å². The zero-order valence-electron chi connectivity index (χ0n) is 8.90. The van der Waals surface area contributed by atoms with Gasteiger partial charge in [0, 0.05) is 25.7 Å². The Morgan fingerprint density at radius 1 is 1.12 bits per heavy atom. The van der Waals surface area contributed by atoms with Gasteiger partial charge < -0.3 is 5.11 Å². The monoisotopic (exact) mass is 226 g/mol. The zero-order chi connectivity index (χ0) is 12.1. The van der Waals surface area contributed by atoms with Crippen LogP contribution in [0.3, 0.4) is 0 Å². The van der Waals surface area contributed by atoms with E-state index in [0.29, 0.717) is 6.42 Å². The first-order valence-electron chi connectivity index (χ1n) is 5.32. The molecule has 0 unspecified atom stereocenters. The number of hydrogen-bond acceptors (Lipinski definition) is 4. The van der Waals surface area contributed by atoms with Crippen LogP contribution in [0.1, 0.15) is 38.5 Å². The minimum absolute atomic E-state index is 0.00551. The smallest absolute Gasteiger partial charge is 0.303 e. The second-order valence-electron chi connectivity index (χ2n) is 3.93. The van der Waals surface area contributed by atoms with E-state index in [4.69, 9.17) is 5.11 Å². The van der Waals surface area contributed by atoms with E-state index in [9.17, 15) is 19.2 Å². The Labute approximate surface area is 92.8 Å². The van der Waals surface area contributed by atoms with Crippen LogP contribution >= 0.6 is 0 Å². The van der Waals surface area contributed by atoms with Crippen LogP contribution in [0, 0.1) is 5.92 Å². The number of ketones is 3. The van der Waals surface area contributed by atoms with Crippen molar-refractivity contribution in [1.29, 1.82) is 0 Å². The zero-order valence-corrected chi connectivity index (χ0v) is 8.90. The van der Waals surface area contributed by atoms with Gasteiger partial charge in [0.2, 0.25) is 0 Å². The first-order chi connectivity index (χ1) is 7.52. The average Bonchev–Trinajstić information content (AvgIpc) is 2.16. The maximum absolute atomic E-state index is 11.6. The van der Waals surface area contributed by atoms with Gasteiger partial charge in [-0.2, -0.15) is 0 Å². The van der Waals surface area contributed by atoms with Crippen molar-refractivity contribution >= 4 is 23.3 Å². The van der Waals surface area contributed by atoms with Crippen molar-refractivity contribution in [3.63, 3.8) is 0 Å². The SMILES string of the molecule is O=C(O)CCCC(=O)C1C(=O)CCCC1=O. The van der Waals surface area contributed by atoms with E-state index in [2.05, 4.69) is 0 Å². The molecule has 88 valence electrons. The highest BCUT2D eigenvalue weighted by Gasteiger charge is 2.35. The Kier molecular flexibility index (Phi) is 4.34. The van der Waals surface area contributed by atoms with E-state index < -0.39 is 17.7 Å². The lowest BCUT2D eigenvalue weighted by Crippen LogP contribution is -2.35. The number of carboxylic acid groups (broad SMARTS) is 1. The van der Waals surface area contributed by atoms with E-state index in [-0.39, 0.29) is 43.7 Å². The molecule has 5 heteroatoms. The van der Waals surface area contributed by atoms with Crippen molar-refractivity contribution in [1.82, 2.24) is 0 Å². The van der Waals surface area contributed by atoms with Gasteiger partial charge in [0.1, 0.15) is 5.92 Å². The van der Waals surface area contributed by atoms with E-state index in [1.165, 1.54) is 0 Å². The molecule has 0 aromatic rings. The lowest BCUT2D eigenvalue weighted by Gasteiger charge is -2.17. The molecular weight excluding hydrogens is 212 g/mol. The highest BCUT2D eigenvalue weighted by atomic mass is 16.4. The summed E-state index contributed by atoms with van der Waals surface area (Å²) >= 11 is 0. The molecule has 5 nitrogen and oxygen atoms in total. The van der Waals surface area contributed by atoms with E-state index >= 15 is 0 Å². The number of hydrogen-bond donors (Lipinski definition) is 1. The van der Waals surface area contributed by atoms with E-state index in [0.717, 1.165) is 0 Å². The maximum Gasteiger partial charge on any atom is 0.303 e. The Hall–Kier alpha value is -1.52. The fourth-order valence-electron chi connectivity index (χ4n) is 1.82. The Bertz CT molecular complexity index is 315. The van der Waals surface area contributed by atoms with Gasteiger partial charge in [0.15, 0.2) is 17.3 Å². The summed E-state index contributed by atoms with van der Waals surface area (Å²) in [5.74, 6) is -3.12. The summed E-state index contributed by atoms with van der Waals surface area (Å²) in [7, 11) is 0. The third-order valence-corrected chi connectivity index (χ3v) is 2.63. The minimum Gasteiger partial charge on any atom is -0.481 e. The second-order valence-corrected chi connectivity index (χ2v) is 3.93. The number of Topliss-reactive ketones (excluding diaryl/α,β-unsaturated/α-hetero) is 3. The molecule has 0 radical (unpaired) electrons. The maximum atomic E-state index is 11.6. The Balaban J connectivity index is 2.48. The van der Waals surface area contributed by atoms with Crippen LogP contribution in [-0.2, 0) is 19.2 Å². The fraction of sp³-hybridized carbons (Fsp3) is 0.636.